The standard InChI is InChI=1S/C16H17BrFNOS/c17-12-3-1-2-10(6-12)9-19-16(20)15-7-11-4-5-13(18)8-14(11)21-15/h4-5,7-8,10,12H,1-3,6,9H2,(H,19,20). The van der Waals surface area contributed by atoms with Crippen molar-refractivity contribution in [3.8, 4) is 0 Å². The molecule has 1 saturated carbocycles. The van der Waals surface area contributed by atoms with Crippen LogP contribution in [0.5, 0.6) is 0 Å². The molecule has 2 unspecified atom stereocenters. The third kappa shape index (κ3) is 3.64. The maximum absolute atomic E-state index is 13.2. The number of nitrogens with one attached hydrogen (secondary N) is 1. The summed E-state index contributed by atoms with van der Waals surface area (Å²) in [5.41, 5.74) is 0. The van der Waals surface area contributed by atoms with Gasteiger partial charge in [-0.1, -0.05) is 28.4 Å². The predicted octanol–water partition coefficient (Wildman–Crippen LogP) is 4.72. The summed E-state index contributed by atoms with van der Waals surface area (Å²) in [5.74, 6) is 0.245. The van der Waals surface area contributed by atoms with E-state index in [1.807, 2.05) is 6.07 Å². The maximum Gasteiger partial charge on any atom is 0.261 e. The van der Waals surface area contributed by atoms with Crippen molar-refractivity contribution in [2.75, 3.05) is 6.54 Å². The number of hydrogen-bond donors (Lipinski definition) is 1. The first-order valence-corrected chi connectivity index (χ1v) is 8.96. The number of amides is 1. The van der Waals surface area contributed by atoms with Crippen LogP contribution < -0.4 is 5.32 Å². The molecule has 1 aliphatic carbocycles. The molecule has 1 amide bonds. The normalized spacial score (nSPS) is 22.4. The molecule has 1 aromatic carbocycles. The Kier molecular flexibility index (Phi) is 4.60. The van der Waals surface area contributed by atoms with E-state index >= 15 is 0 Å². The summed E-state index contributed by atoms with van der Waals surface area (Å²) in [7, 11) is 0. The largest absolute Gasteiger partial charge is 0.351 e. The fourth-order valence-electron chi connectivity index (χ4n) is 2.85. The molecule has 112 valence electrons. The first-order chi connectivity index (χ1) is 10.1. The predicted molar refractivity (Wildman–Crippen MR) is 88.8 cm³/mol. The molecule has 21 heavy (non-hydrogen) atoms. The summed E-state index contributed by atoms with van der Waals surface area (Å²) in [6, 6.07) is 6.46. The van der Waals surface area contributed by atoms with Crippen molar-refractivity contribution in [2.45, 2.75) is 30.5 Å². The van der Waals surface area contributed by atoms with E-state index < -0.39 is 0 Å². The number of rotatable bonds is 3. The minimum absolute atomic E-state index is 0.0479. The average molecular weight is 370 g/mol. The van der Waals surface area contributed by atoms with Crippen LogP contribution >= 0.6 is 27.3 Å². The lowest BCUT2D eigenvalue weighted by Gasteiger charge is -2.25. The van der Waals surface area contributed by atoms with Crippen molar-refractivity contribution in [3.05, 3.63) is 35.0 Å². The Morgan fingerprint density at radius 2 is 2.24 bits per heavy atom. The molecule has 2 aromatic rings. The van der Waals surface area contributed by atoms with Crippen LogP contribution in [0.3, 0.4) is 0 Å². The number of alkyl halides is 1. The van der Waals surface area contributed by atoms with Gasteiger partial charge in [0.15, 0.2) is 0 Å². The average Bonchev–Trinajstić information content (AvgIpc) is 2.88. The zero-order chi connectivity index (χ0) is 14.8. The van der Waals surface area contributed by atoms with Crippen molar-refractivity contribution >= 4 is 43.3 Å². The summed E-state index contributed by atoms with van der Waals surface area (Å²) < 4.78 is 14.0. The number of carbonyl (C=O) groups excluding carboxylic acids is 1. The van der Waals surface area contributed by atoms with Gasteiger partial charge in [0.2, 0.25) is 0 Å². The van der Waals surface area contributed by atoms with E-state index in [0.717, 1.165) is 23.1 Å². The molecule has 3 rings (SSSR count). The van der Waals surface area contributed by atoms with Gasteiger partial charge in [-0.2, -0.15) is 0 Å². The van der Waals surface area contributed by atoms with Crippen molar-refractivity contribution in [1.29, 1.82) is 0 Å². The molecular formula is C16H17BrFNOS. The van der Waals surface area contributed by atoms with Crippen LogP contribution in [0.1, 0.15) is 35.4 Å². The Bertz CT molecular complexity index is 657. The van der Waals surface area contributed by atoms with Crippen LogP contribution in [0.2, 0.25) is 0 Å². The van der Waals surface area contributed by atoms with Crippen molar-refractivity contribution in [2.24, 2.45) is 5.92 Å². The summed E-state index contributed by atoms with van der Waals surface area (Å²) in [6.07, 6.45) is 4.75. The zero-order valence-electron chi connectivity index (χ0n) is 11.6. The highest BCUT2D eigenvalue weighted by Crippen LogP contribution is 2.29. The molecule has 1 fully saturated rings. The molecule has 0 aliphatic heterocycles. The van der Waals surface area contributed by atoms with Crippen molar-refractivity contribution < 1.29 is 9.18 Å². The Balaban J connectivity index is 1.63. The topological polar surface area (TPSA) is 29.1 Å². The Morgan fingerprint density at radius 1 is 1.38 bits per heavy atom. The second kappa shape index (κ2) is 6.44. The minimum atomic E-state index is -0.262. The Hall–Kier alpha value is -0.940. The number of halogens is 2. The van der Waals surface area contributed by atoms with E-state index in [9.17, 15) is 9.18 Å². The molecule has 0 radical (unpaired) electrons. The molecular weight excluding hydrogens is 353 g/mol. The highest BCUT2D eigenvalue weighted by Gasteiger charge is 2.21. The molecule has 2 nitrogen and oxygen atoms in total. The number of fused-ring (bicyclic) bond motifs is 1. The van der Waals surface area contributed by atoms with Crippen LogP contribution in [-0.4, -0.2) is 17.3 Å². The van der Waals surface area contributed by atoms with Crippen molar-refractivity contribution in [3.63, 3.8) is 0 Å². The van der Waals surface area contributed by atoms with Crippen molar-refractivity contribution in [1.82, 2.24) is 5.32 Å². The molecule has 0 bridgehead atoms. The number of benzene rings is 1. The lowest BCUT2D eigenvalue weighted by Crippen LogP contribution is -2.31. The molecule has 5 heteroatoms. The highest BCUT2D eigenvalue weighted by atomic mass is 79.9. The third-order valence-corrected chi connectivity index (χ3v) is 5.90. The van der Waals surface area contributed by atoms with E-state index in [4.69, 9.17) is 0 Å². The lowest BCUT2D eigenvalue weighted by molar-refractivity contribution is 0.0948. The Morgan fingerprint density at radius 3 is 3.05 bits per heavy atom. The second-order valence-corrected chi connectivity index (χ2v) is 8.01. The van der Waals surface area contributed by atoms with Gasteiger partial charge in [-0.25, -0.2) is 4.39 Å². The maximum atomic E-state index is 13.2. The monoisotopic (exact) mass is 369 g/mol. The molecule has 0 saturated heterocycles. The van der Waals surface area contributed by atoms with Gasteiger partial charge in [-0.05, 0) is 48.8 Å². The van der Waals surface area contributed by atoms with Crippen LogP contribution in [0.4, 0.5) is 4.39 Å². The Labute approximate surface area is 135 Å². The highest BCUT2D eigenvalue weighted by molar-refractivity contribution is 9.09. The van der Waals surface area contributed by atoms with Gasteiger partial charge in [-0.3, -0.25) is 4.79 Å². The summed E-state index contributed by atoms with van der Waals surface area (Å²) in [5, 5.41) is 3.94. The molecule has 2 atom stereocenters. The van der Waals surface area contributed by atoms with E-state index in [-0.39, 0.29) is 11.7 Å². The van der Waals surface area contributed by atoms with E-state index in [2.05, 4.69) is 21.2 Å². The van der Waals surface area contributed by atoms with E-state index in [0.29, 0.717) is 15.6 Å². The fraction of sp³-hybridized carbons (Fsp3) is 0.438. The van der Waals surface area contributed by atoms with E-state index in [1.54, 1.807) is 6.07 Å². The molecule has 1 aromatic heterocycles. The first kappa shape index (κ1) is 15.0. The number of hydrogen-bond acceptors (Lipinski definition) is 2. The van der Waals surface area contributed by atoms with Crippen LogP contribution in [0.15, 0.2) is 24.3 Å². The first-order valence-electron chi connectivity index (χ1n) is 7.23. The van der Waals surface area contributed by atoms with Crippen LogP contribution in [0, 0.1) is 11.7 Å². The van der Waals surface area contributed by atoms with Crippen LogP contribution in [-0.2, 0) is 0 Å². The molecule has 1 aliphatic rings. The van der Waals surface area contributed by atoms with Gasteiger partial charge in [-0.15, -0.1) is 11.3 Å². The van der Waals surface area contributed by atoms with Gasteiger partial charge in [0.1, 0.15) is 5.82 Å². The molecule has 0 spiro atoms. The smallest absolute Gasteiger partial charge is 0.261 e. The number of carbonyl (C=O) groups is 1. The SMILES string of the molecule is O=C(NCC1CCCC(Br)C1)c1cc2ccc(F)cc2s1. The van der Waals surface area contributed by atoms with Gasteiger partial charge in [0, 0.05) is 16.1 Å². The van der Waals surface area contributed by atoms with Gasteiger partial charge in [0.05, 0.1) is 4.88 Å². The quantitative estimate of drug-likeness (QED) is 0.778. The minimum Gasteiger partial charge on any atom is -0.351 e. The second-order valence-electron chi connectivity index (χ2n) is 5.63. The van der Waals surface area contributed by atoms with E-state index in [1.165, 1.54) is 42.7 Å². The van der Waals surface area contributed by atoms with Gasteiger partial charge >= 0.3 is 0 Å². The lowest BCUT2D eigenvalue weighted by atomic mass is 9.89. The van der Waals surface area contributed by atoms with Gasteiger partial charge in [0.25, 0.3) is 5.91 Å². The zero-order valence-corrected chi connectivity index (χ0v) is 14.0. The van der Waals surface area contributed by atoms with Gasteiger partial charge < -0.3 is 5.32 Å². The van der Waals surface area contributed by atoms with Crippen LogP contribution in [0.25, 0.3) is 10.1 Å². The third-order valence-electron chi connectivity index (χ3n) is 3.98. The fourth-order valence-corrected chi connectivity index (χ4v) is 4.71. The molecule has 1 N–H and O–H groups in total. The summed E-state index contributed by atoms with van der Waals surface area (Å²) in [4.78, 5) is 13.5. The number of thiophene rings is 1. The molecule has 1 heterocycles. The summed E-state index contributed by atoms with van der Waals surface area (Å²) in [6.45, 7) is 0.726. The summed E-state index contributed by atoms with van der Waals surface area (Å²) >= 11 is 5.01.